The third-order valence-corrected chi connectivity index (χ3v) is 3.07. The number of carbonyl (C=O) groups is 1. The minimum Gasteiger partial charge on any atom is -0.393 e. The van der Waals surface area contributed by atoms with E-state index in [9.17, 15) is 18.7 Å². The Hall–Kier alpha value is -1.69. The third kappa shape index (κ3) is 4.97. The quantitative estimate of drug-likeness (QED) is 0.814. The summed E-state index contributed by atoms with van der Waals surface area (Å²) in [7, 11) is 1.53. The first-order valence-electron chi connectivity index (χ1n) is 7.03. The first-order valence-corrected chi connectivity index (χ1v) is 7.03. The van der Waals surface area contributed by atoms with Gasteiger partial charge in [-0.1, -0.05) is 6.92 Å². The van der Waals surface area contributed by atoms with E-state index in [-0.39, 0.29) is 11.3 Å². The van der Waals surface area contributed by atoms with Gasteiger partial charge >= 0.3 is 0 Å². The van der Waals surface area contributed by atoms with Gasteiger partial charge < -0.3 is 15.3 Å². The summed E-state index contributed by atoms with van der Waals surface area (Å²) < 4.78 is 27.7. The summed E-state index contributed by atoms with van der Waals surface area (Å²) in [5, 5.41) is 11.9. The van der Waals surface area contributed by atoms with E-state index in [1.807, 2.05) is 6.92 Å². The van der Waals surface area contributed by atoms with Crippen molar-refractivity contribution in [3.63, 3.8) is 0 Å². The van der Waals surface area contributed by atoms with Gasteiger partial charge in [0.15, 0.2) is 0 Å². The van der Waals surface area contributed by atoms with Crippen LogP contribution in [0.15, 0.2) is 12.1 Å². The van der Waals surface area contributed by atoms with Crippen molar-refractivity contribution in [2.75, 3.05) is 25.5 Å². The Morgan fingerprint density at radius 1 is 1.38 bits per heavy atom. The zero-order valence-electron chi connectivity index (χ0n) is 12.6. The normalized spacial score (nSPS) is 12.1. The molecule has 1 unspecified atom stereocenters. The minimum atomic E-state index is -0.782. The molecule has 1 atom stereocenters. The lowest BCUT2D eigenvalue weighted by atomic mass is 10.1. The summed E-state index contributed by atoms with van der Waals surface area (Å²) in [4.78, 5) is 13.4. The van der Waals surface area contributed by atoms with Gasteiger partial charge in [-0.3, -0.25) is 4.79 Å². The predicted octanol–water partition coefficient (Wildman–Crippen LogP) is 2.63. The molecular weight excluding hydrogens is 278 g/mol. The smallest absolute Gasteiger partial charge is 0.253 e. The molecule has 0 aliphatic rings. The highest BCUT2D eigenvalue weighted by Crippen LogP contribution is 2.21. The van der Waals surface area contributed by atoms with Crippen LogP contribution in [-0.4, -0.2) is 42.2 Å². The zero-order valence-corrected chi connectivity index (χ0v) is 12.6. The van der Waals surface area contributed by atoms with E-state index in [1.54, 1.807) is 6.92 Å². The van der Waals surface area contributed by atoms with E-state index in [1.165, 1.54) is 11.9 Å². The largest absolute Gasteiger partial charge is 0.393 e. The second-order valence-electron chi connectivity index (χ2n) is 5.11. The van der Waals surface area contributed by atoms with Crippen LogP contribution in [-0.2, 0) is 0 Å². The number of amides is 1. The van der Waals surface area contributed by atoms with Crippen LogP contribution in [0.3, 0.4) is 0 Å². The molecule has 0 heterocycles. The molecule has 118 valence electrons. The Morgan fingerprint density at radius 3 is 2.43 bits per heavy atom. The molecular formula is C15H22F2N2O2. The molecule has 1 rings (SSSR count). The first-order chi connectivity index (χ1) is 9.86. The second-order valence-corrected chi connectivity index (χ2v) is 5.11. The van der Waals surface area contributed by atoms with Gasteiger partial charge in [-0.25, -0.2) is 8.78 Å². The molecule has 0 aliphatic carbocycles. The fraction of sp³-hybridized carbons (Fsp3) is 0.533. The van der Waals surface area contributed by atoms with E-state index in [0.29, 0.717) is 19.5 Å². The fourth-order valence-electron chi connectivity index (χ4n) is 1.82. The summed E-state index contributed by atoms with van der Waals surface area (Å²) in [5.74, 6) is -2.04. The van der Waals surface area contributed by atoms with Gasteiger partial charge in [-0.2, -0.15) is 0 Å². The molecule has 0 aliphatic heterocycles. The number of benzene rings is 1. The van der Waals surface area contributed by atoms with E-state index < -0.39 is 23.6 Å². The Morgan fingerprint density at radius 2 is 1.95 bits per heavy atom. The van der Waals surface area contributed by atoms with Gasteiger partial charge in [0, 0.05) is 25.7 Å². The molecule has 0 spiro atoms. The maximum Gasteiger partial charge on any atom is 0.253 e. The van der Waals surface area contributed by atoms with Gasteiger partial charge in [-0.15, -0.1) is 0 Å². The van der Waals surface area contributed by atoms with Crippen LogP contribution in [0.4, 0.5) is 14.5 Å². The maximum atomic E-state index is 13.9. The van der Waals surface area contributed by atoms with Crippen molar-refractivity contribution >= 4 is 11.6 Å². The Bertz CT molecular complexity index is 470. The zero-order chi connectivity index (χ0) is 16.0. The van der Waals surface area contributed by atoms with Crippen LogP contribution in [0, 0.1) is 11.6 Å². The van der Waals surface area contributed by atoms with Gasteiger partial charge in [0.05, 0.1) is 6.10 Å². The highest BCUT2D eigenvalue weighted by atomic mass is 19.1. The molecule has 0 saturated carbocycles. The number of nitrogens with zero attached hydrogens (tertiary/aromatic N) is 1. The molecule has 0 bridgehead atoms. The van der Waals surface area contributed by atoms with Crippen LogP contribution in [0.2, 0.25) is 0 Å². The lowest BCUT2D eigenvalue weighted by Gasteiger charge is -2.18. The number of aliphatic hydroxyl groups is 1. The number of anilines is 1. The second kappa shape index (κ2) is 7.93. The molecule has 1 aromatic rings. The molecule has 1 aromatic carbocycles. The van der Waals surface area contributed by atoms with Crippen LogP contribution in [0.1, 0.15) is 37.0 Å². The number of aliphatic hydroxyl groups excluding tert-OH is 1. The standard InChI is InChI=1S/C15H22F2N2O2/c1-4-6-18-14-12(16)8-11(9-13(14)17)15(21)19(3)7-5-10(2)20/h8-10,18,20H,4-7H2,1-3H3. The third-order valence-electron chi connectivity index (χ3n) is 3.07. The molecule has 0 saturated heterocycles. The molecule has 6 heteroatoms. The number of hydrogen-bond donors (Lipinski definition) is 2. The van der Waals surface area contributed by atoms with Crippen molar-refractivity contribution in [3.8, 4) is 0 Å². The average Bonchev–Trinajstić information content (AvgIpc) is 2.42. The Kier molecular flexibility index (Phi) is 6.55. The van der Waals surface area contributed by atoms with Crippen LogP contribution in [0.25, 0.3) is 0 Å². The number of halogens is 2. The van der Waals surface area contributed by atoms with Crippen LogP contribution >= 0.6 is 0 Å². The first kappa shape index (κ1) is 17.4. The topological polar surface area (TPSA) is 52.6 Å². The summed E-state index contributed by atoms with van der Waals surface area (Å²) >= 11 is 0. The van der Waals surface area contributed by atoms with Crippen molar-refractivity contribution in [2.45, 2.75) is 32.8 Å². The highest BCUT2D eigenvalue weighted by Gasteiger charge is 2.17. The number of rotatable bonds is 7. The monoisotopic (exact) mass is 300 g/mol. The van der Waals surface area contributed by atoms with E-state index >= 15 is 0 Å². The van der Waals surface area contributed by atoms with Gasteiger partial charge in [0.1, 0.15) is 17.3 Å². The average molecular weight is 300 g/mol. The summed E-state index contributed by atoms with van der Waals surface area (Å²) in [6.07, 6.45) is 0.611. The van der Waals surface area contributed by atoms with E-state index in [0.717, 1.165) is 18.6 Å². The molecule has 4 nitrogen and oxygen atoms in total. The van der Waals surface area contributed by atoms with Crippen molar-refractivity contribution in [3.05, 3.63) is 29.3 Å². The Labute approximate surface area is 123 Å². The number of nitrogens with one attached hydrogen (secondary N) is 1. The van der Waals surface area contributed by atoms with E-state index in [2.05, 4.69) is 5.32 Å². The van der Waals surface area contributed by atoms with Gasteiger partial charge in [-0.05, 0) is 31.9 Å². The lowest BCUT2D eigenvalue weighted by molar-refractivity contribution is 0.0768. The summed E-state index contributed by atoms with van der Waals surface area (Å²) in [6, 6.07) is 2.06. The summed E-state index contributed by atoms with van der Waals surface area (Å²) in [5.41, 5.74) is -0.250. The summed E-state index contributed by atoms with van der Waals surface area (Å²) in [6.45, 7) is 4.27. The number of hydrogen-bond acceptors (Lipinski definition) is 3. The molecule has 21 heavy (non-hydrogen) atoms. The van der Waals surface area contributed by atoms with Crippen LogP contribution in [0.5, 0.6) is 0 Å². The molecule has 1 amide bonds. The van der Waals surface area contributed by atoms with Crippen molar-refractivity contribution in [1.29, 1.82) is 0 Å². The van der Waals surface area contributed by atoms with Crippen molar-refractivity contribution in [2.24, 2.45) is 0 Å². The van der Waals surface area contributed by atoms with Crippen molar-refractivity contribution in [1.82, 2.24) is 4.90 Å². The van der Waals surface area contributed by atoms with E-state index in [4.69, 9.17) is 0 Å². The molecule has 2 N–H and O–H groups in total. The Balaban J connectivity index is 2.86. The molecule has 0 radical (unpaired) electrons. The predicted molar refractivity (Wildman–Crippen MR) is 78.4 cm³/mol. The van der Waals surface area contributed by atoms with Crippen molar-refractivity contribution < 1.29 is 18.7 Å². The maximum absolute atomic E-state index is 13.9. The fourth-order valence-corrected chi connectivity index (χ4v) is 1.82. The number of carbonyl (C=O) groups excluding carboxylic acids is 1. The SMILES string of the molecule is CCCNc1c(F)cc(C(=O)N(C)CCC(C)O)cc1F. The van der Waals surface area contributed by atoms with Crippen LogP contribution < -0.4 is 5.32 Å². The van der Waals surface area contributed by atoms with Gasteiger partial charge in [0.25, 0.3) is 5.91 Å². The highest BCUT2D eigenvalue weighted by molar-refractivity contribution is 5.94. The molecule has 0 aromatic heterocycles. The lowest BCUT2D eigenvalue weighted by Crippen LogP contribution is -2.29. The molecule has 0 fully saturated rings. The van der Waals surface area contributed by atoms with Gasteiger partial charge in [0.2, 0.25) is 0 Å². The minimum absolute atomic E-state index is 0.0415.